The van der Waals surface area contributed by atoms with Crippen LogP contribution in [0.4, 0.5) is 14.5 Å². The summed E-state index contributed by atoms with van der Waals surface area (Å²) in [6.45, 7) is 3.88. The number of hydrogen-bond donors (Lipinski definition) is 0. The molecule has 1 heterocycles. The molecule has 1 fully saturated rings. The van der Waals surface area contributed by atoms with Gasteiger partial charge in [0.25, 0.3) is 0 Å². The zero-order valence-corrected chi connectivity index (χ0v) is 17.4. The molecule has 0 N–H and O–H groups in total. The second kappa shape index (κ2) is 9.61. The quantitative estimate of drug-likeness (QED) is 0.660. The Morgan fingerprint density at radius 1 is 1.07 bits per heavy atom. The van der Waals surface area contributed by atoms with Crippen molar-refractivity contribution in [3.05, 3.63) is 59.2 Å². The van der Waals surface area contributed by atoms with Crippen LogP contribution in [0.1, 0.15) is 16.7 Å². The van der Waals surface area contributed by atoms with E-state index < -0.39 is 6.61 Å². The van der Waals surface area contributed by atoms with Gasteiger partial charge < -0.3 is 19.3 Å². The molecule has 0 aliphatic carbocycles. The van der Waals surface area contributed by atoms with Gasteiger partial charge in [-0.1, -0.05) is 24.3 Å². The van der Waals surface area contributed by atoms with Crippen LogP contribution < -0.4 is 14.4 Å². The molecule has 1 saturated heterocycles. The van der Waals surface area contributed by atoms with Crippen molar-refractivity contribution in [1.29, 1.82) is 0 Å². The Bertz CT molecular complexity index is 923. The fourth-order valence-corrected chi connectivity index (χ4v) is 3.55. The van der Waals surface area contributed by atoms with Crippen molar-refractivity contribution in [3.8, 4) is 11.5 Å². The Hall–Kier alpha value is -3.09. The second-order valence-electron chi connectivity index (χ2n) is 7.12. The number of methoxy groups -OCH3 is 1. The molecule has 2 aromatic carbocycles. The number of nitrogens with zero attached hydrogens (tertiary/aromatic N) is 2. The lowest BCUT2D eigenvalue weighted by atomic mass is 10.1. The minimum Gasteiger partial charge on any atom is -0.493 e. The van der Waals surface area contributed by atoms with Gasteiger partial charge in [-0.3, -0.25) is 4.79 Å². The SMILES string of the molecule is COc1cccc(/C=C/C(=O)N2CCN(c3cccc(C)c3C)CC2)c1OC(F)F. The van der Waals surface area contributed by atoms with Gasteiger partial charge >= 0.3 is 6.61 Å². The smallest absolute Gasteiger partial charge is 0.387 e. The number of carbonyl (C=O) groups excluding carboxylic acids is 1. The van der Waals surface area contributed by atoms with Crippen molar-refractivity contribution in [2.45, 2.75) is 20.5 Å². The molecule has 1 aliphatic rings. The number of para-hydroxylation sites is 1. The first kappa shape index (κ1) is 21.6. The summed E-state index contributed by atoms with van der Waals surface area (Å²) in [4.78, 5) is 16.7. The van der Waals surface area contributed by atoms with Gasteiger partial charge in [-0.05, 0) is 43.2 Å². The standard InChI is InChI=1S/C23H26F2N2O3/c1-16-6-4-8-19(17(16)2)26-12-14-27(15-13-26)21(28)11-10-18-7-5-9-20(29-3)22(18)30-23(24)25/h4-11,23H,12-15H2,1-3H3/b11-10+. The molecule has 0 aromatic heterocycles. The molecule has 0 atom stereocenters. The van der Waals surface area contributed by atoms with Crippen molar-refractivity contribution in [3.63, 3.8) is 0 Å². The lowest BCUT2D eigenvalue weighted by Gasteiger charge is -2.36. The summed E-state index contributed by atoms with van der Waals surface area (Å²) in [7, 11) is 1.38. The summed E-state index contributed by atoms with van der Waals surface area (Å²) < 4.78 is 35.2. The zero-order valence-electron chi connectivity index (χ0n) is 17.4. The molecule has 5 nitrogen and oxygen atoms in total. The maximum atomic E-state index is 12.8. The lowest BCUT2D eigenvalue weighted by molar-refractivity contribution is -0.126. The monoisotopic (exact) mass is 416 g/mol. The number of halogens is 2. The van der Waals surface area contributed by atoms with Crippen LogP contribution in [0.25, 0.3) is 6.08 Å². The van der Waals surface area contributed by atoms with Crippen LogP contribution in [0, 0.1) is 13.8 Å². The number of piperazine rings is 1. The Morgan fingerprint density at radius 2 is 1.77 bits per heavy atom. The van der Waals surface area contributed by atoms with Crippen molar-refractivity contribution in [1.82, 2.24) is 4.90 Å². The van der Waals surface area contributed by atoms with Gasteiger partial charge in [0.2, 0.25) is 5.91 Å². The topological polar surface area (TPSA) is 42.0 Å². The van der Waals surface area contributed by atoms with Crippen LogP contribution in [0.2, 0.25) is 0 Å². The van der Waals surface area contributed by atoms with Crippen molar-refractivity contribution in [2.24, 2.45) is 0 Å². The number of carbonyl (C=O) groups is 1. The van der Waals surface area contributed by atoms with Gasteiger partial charge in [0.1, 0.15) is 0 Å². The van der Waals surface area contributed by atoms with Crippen LogP contribution in [0.3, 0.4) is 0 Å². The number of hydrogen-bond acceptors (Lipinski definition) is 4. The van der Waals surface area contributed by atoms with Gasteiger partial charge in [-0.15, -0.1) is 0 Å². The number of rotatable bonds is 6. The first-order valence-electron chi connectivity index (χ1n) is 9.80. The Balaban J connectivity index is 1.66. The predicted molar refractivity (Wildman–Crippen MR) is 113 cm³/mol. The summed E-state index contributed by atoms with van der Waals surface area (Å²) in [5.41, 5.74) is 4.05. The van der Waals surface area contributed by atoms with Gasteiger partial charge in [0, 0.05) is 43.5 Å². The molecule has 0 bridgehead atoms. The summed E-state index contributed by atoms with van der Waals surface area (Å²) in [6, 6.07) is 11.0. The van der Waals surface area contributed by atoms with E-state index in [-0.39, 0.29) is 17.4 Å². The summed E-state index contributed by atoms with van der Waals surface area (Å²) in [6.07, 6.45) is 2.88. The van der Waals surface area contributed by atoms with Crippen molar-refractivity contribution in [2.75, 3.05) is 38.2 Å². The van der Waals surface area contributed by atoms with Gasteiger partial charge in [-0.2, -0.15) is 8.78 Å². The molecule has 0 saturated carbocycles. The lowest BCUT2D eigenvalue weighted by Crippen LogP contribution is -2.48. The molecule has 30 heavy (non-hydrogen) atoms. The summed E-state index contributed by atoms with van der Waals surface area (Å²) in [5.74, 6) is -0.0627. The predicted octanol–water partition coefficient (Wildman–Crippen LogP) is 4.28. The van der Waals surface area contributed by atoms with Gasteiger partial charge in [-0.25, -0.2) is 0 Å². The molecule has 1 aliphatic heterocycles. The molecule has 160 valence electrons. The third kappa shape index (κ3) is 4.90. The Kier molecular flexibility index (Phi) is 6.92. The van der Waals surface area contributed by atoms with E-state index in [9.17, 15) is 13.6 Å². The van der Waals surface area contributed by atoms with Crippen LogP contribution in [0.5, 0.6) is 11.5 Å². The van der Waals surface area contributed by atoms with E-state index in [2.05, 4.69) is 35.6 Å². The van der Waals surface area contributed by atoms with E-state index in [0.717, 1.165) is 13.1 Å². The average molecular weight is 416 g/mol. The number of benzene rings is 2. The summed E-state index contributed by atoms with van der Waals surface area (Å²) in [5, 5.41) is 0. The van der Waals surface area contributed by atoms with Gasteiger partial charge in [0.15, 0.2) is 11.5 Å². The first-order valence-corrected chi connectivity index (χ1v) is 9.80. The van der Waals surface area contributed by atoms with E-state index in [1.807, 2.05) is 6.07 Å². The minimum absolute atomic E-state index is 0.0845. The van der Waals surface area contributed by atoms with E-state index >= 15 is 0 Å². The van der Waals surface area contributed by atoms with E-state index in [1.165, 1.54) is 42.1 Å². The molecule has 3 rings (SSSR count). The number of anilines is 1. The number of amides is 1. The molecule has 0 unspecified atom stereocenters. The maximum absolute atomic E-state index is 12.8. The third-order valence-corrected chi connectivity index (χ3v) is 5.35. The Labute approximate surface area is 175 Å². The van der Waals surface area contributed by atoms with Crippen LogP contribution in [-0.4, -0.2) is 50.7 Å². The van der Waals surface area contributed by atoms with E-state index in [4.69, 9.17) is 4.74 Å². The molecule has 7 heteroatoms. The molecule has 1 amide bonds. The normalized spacial score (nSPS) is 14.5. The molecular weight excluding hydrogens is 390 g/mol. The van der Waals surface area contributed by atoms with Crippen LogP contribution in [0.15, 0.2) is 42.5 Å². The van der Waals surface area contributed by atoms with Crippen LogP contribution >= 0.6 is 0 Å². The second-order valence-corrected chi connectivity index (χ2v) is 7.12. The van der Waals surface area contributed by atoms with Crippen molar-refractivity contribution < 1.29 is 23.0 Å². The third-order valence-electron chi connectivity index (χ3n) is 5.35. The maximum Gasteiger partial charge on any atom is 0.387 e. The highest BCUT2D eigenvalue weighted by molar-refractivity contribution is 5.92. The van der Waals surface area contributed by atoms with E-state index in [0.29, 0.717) is 18.7 Å². The highest BCUT2D eigenvalue weighted by atomic mass is 19.3. The molecule has 0 spiro atoms. The van der Waals surface area contributed by atoms with Crippen LogP contribution in [-0.2, 0) is 4.79 Å². The molecule has 2 aromatic rings. The Morgan fingerprint density at radius 3 is 2.43 bits per heavy atom. The number of aryl methyl sites for hydroxylation is 1. The zero-order chi connectivity index (χ0) is 21.7. The average Bonchev–Trinajstić information content (AvgIpc) is 2.74. The fourth-order valence-electron chi connectivity index (χ4n) is 3.55. The fraction of sp³-hybridized carbons (Fsp3) is 0.348. The van der Waals surface area contributed by atoms with Crippen molar-refractivity contribution >= 4 is 17.7 Å². The van der Waals surface area contributed by atoms with Gasteiger partial charge in [0.05, 0.1) is 7.11 Å². The number of alkyl halides is 2. The minimum atomic E-state index is -2.98. The number of ether oxygens (including phenoxy) is 2. The molecular formula is C23H26F2N2O3. The first-order chi connectivity index (χ1) is 14.4. The van der Waals surface area contributed by atoms with E-state index in [1.54, 1.807) is 17.0 Å². The highest BCUT2D eigenvalue weighted by Crippen LogP contribution is 2.33. The largest absolute Gasteiger partial charge is 0.493 e. The highest BCUT2D eigenvalue weighted by Gasteiger charge is 2.21. The molecule has 0 radical (unpaired) electrons. The summed E-state index contributed by atoms with van der Waals surface area (Å²) >= 11 is 0.